The van der Waals surface area contributed by atoms with Crippen molar-refractivity contribution in [2.24, 2.45) is 0 Å². The Hall–Kier alpha value is -2.12. The van der Waals surface area contributed by atoms with Crippen LogP contribution in [0.2, 0.25) is 0 Å². The monoisotopic (exact) mass is 389 g/mol. The minimum Gasteiger partial charge on any atom is -0.361 e. The number of amides is 1. The van der Waals surface area contributed by atoms with E-state index in [1.807, 2.05) is 30.3 Å². The molecule has 146 valence electrons. The van der Waals surface area contributed by atoms with Gasteiger partial charge < -0.3 is 9.88 Å². The molecular formula is C20H27N3O3S. The summed E-state index contributed by atoms with van der Waals surface area (Å²) in [6.45, 7) is 5.11. The Labute approximate surface area is 161 Å². The first kappa shape index (κ1) is 19.6. The number of hydrogen-bond donors (Lipinski definition) is 2. The number of nitrogens with one attached hydrogen (secondary N) is 2. The molecule has 1 fully saturated rings. The van der Waals surface area contributed by atoms with Gasteiger partial charge >= 0.3 is 0 Å². The number of carbonyl (C=O) groups is 1. The van der Waals surface area contributed by atoms with Gasteiger partial charge in [-0.05, 0) is 45.1 Å². The highest BCUT2D eigenvalue weighted by molar-refractivity contribution is 7.89. The van der Waals surface area contributed by atoms with Crippen LogP contribution in [0, 0.1) is 13.8 Å². The summed E-state index contributed by atoms with van der Waals surface area (Å²) in [4.78, 5) is 17.9. The zero-order valence-electron chi connectivity index (χ0n) is 15.9. The lowest BCUT2D eigenvalue weighted by atomic mass is 10.1. The molecule has 1 aliphatic rings. The van der Waals surface area contributed by atoms with E-state index in [1.54, 1.807) is 18.7 Å². The van der Waals surface area contributed by atoms with Crippen molar-refractivity contribution in [2.75, 3.05) is 19.6 Å². The molecule has 7 heteroatoms. The Morgan fingerprint density at radius 3 is 2.41 bits per heavy atom. The molecule has 0 spiro atoms. The Kier molecular flexibility index (Phi) is 6.01. The van der Waals surface area contributed by atoms with Crippen LogP contribution < -0.4 is 4.72 Å². The lowest BCUT2D eigenvalue weighted by Crippen LogP contribution is -2.37. The van der Waals surface area contributed by atoms with E-state index in [0.29, 0.717) is 30.9 Å². The van der Waals surface area contributed by atoms with Gasteiger partial charge in [-0.1, -0.05) is 30.3 Å². The Bertz CT molecular complexity index is 898. The average molecular weight is 390 g/mol. The third kappa shape index (κ3) is 4.42. The van der Waals surface area contributed by atoms with E-state index < -0.39 is 10.0 Å². The minimum atomic E-state index is -3.78. The van der Waals surface area contributed by atoms with Gasteiger partial charge in [0.15, 0.2) is 0 Å². The molecular weight excluding hydrogens is 362 g/mol. The van der Waals surface area contributed by atoms with E-state index in [-0.39, 0.29) is 22.9 Å². The fourth-order valence-electron chi connectivity index (χ4n) is 3.65. The van der Waals surface area contributed by atoms with E-state index in [2.05, 4.69) is 9.71 Å². The van der Waals surface area contributed by atoms with Crippen molar-refractivity contribution >= 4 is 15.9 Å². The molecule has 6 nitrogen and oxygen atoms in total. The number of nitrogens with zero attached hydrogens (tertiary/aromatic N) is 1. The number of H-pyrrole nitrogens is 1. The molecule has 1 amide bonds. The van der Waals surface area contributed by atoms with E-state index in [1.165, 1.54) is 0 Å². The Balaban J connectivity index is 1.81. The quantitative estimate of drug-likeness (QED) is 0.797. The summed E-state index contributed by atoms with van der Waals surface area (Å²) in [5.74, 6) is -0.194. The molecule has 0 saturated carbocycles. The fourth-order valence-corrected chi connectivity index (χ4v) is 5.13. The molecule has 0 unspecified atom stereocenters. The average Bonchev–Trinajstić information content (AvgIpc) is 2.97. The number of sulfonamides is 1. The first-order chi connectivity index (χ1) is 12.9. The predicted molar refractivity (Wildman–Crippen MR) is 105 cm³/mol. The van der Waals surface area contributed by atoms with Gasteiger partial charge in [0.2, 0.25) is 10.0 Å². The summed E-state index contributed by atoms with van der Waals surface area (Å²) in [7, 11) is -3.78. The third-order valence-corrected chi connectivity index (χ3v) is 6.62. The number of benzene rings is 1. The van der Waals surface area contributed by atoms with Crippen molar-refractivity contribution in [3.05, 3.63) is 52.8 Å². The number of piperidine rings is 1. The molecule has 2 aromatic rings. The van der Waals surface area contributed by atoms with Gasteiger partial charge in [0.25, 0.3) is 5.91 Å². The van der Waals surface area contributed by atoms with Crippen LogP contribution in [0.1, 0.15) is 46.6 Å². The van der Waals surface area contributed by atoms with Crippen molar-refractivity contribution in [1.82, 2.24) is 14.6 Å². The van der Waals surface area contributed by atoms with Crippen LogP contribution in [0.25, 0.3) is 0 Å². The Morgan fingerprint density at radius 2 is 1.74 bits per heavy atom. The van der Waals surface area contributed by atoms with Gasteiger partial charge in [0.1, 0.15) is 4.90 Å². The third-order valence-electron chi connectivity index (χ3n) is 4.99. The summed E-state index contributed by atoms with van der Waals surface area (Å²) in [5, 5.41) is 0. The molecule has 0 aliphatic carbocycles. The van der Waals surface area contributed by atoms with Crippen LogP contribution in [-0.2, 0) is 16.4 Å². The number of aromatic amines is 1. The lowest BCUT2D eigenvalue weighted by molar-refractivity contribution is 0.0720. The first-order valence-corrected chi connectivity index (χ1v) is 10.9. The van der Waals surface area contributed by atoms with Gasteiger partial charge in [0, 0.05) is 31.0 Å². The van der Waals surface area contributed by atoms with Crippen molar-refractivity contribution in [1.29, 1.82) is 0 Å². The maximum absolute atomic E-state index is 13.0. The topological polar surface area (TPSA) is 82.3 Å². The van der Waals surface area contributed by atoms with Gasteiger partial charge in [-0.15, -0.1) is 0 Å². The second-order valence-corrected chi connectivity index (χ2v) is 8.77. The molecule has 1 saturated heterocycles. The predicted octanol–water partition coefficient (Wildman–Crippen LogP) is 2.78. The van der Waals surface area contributed by atoms with Gasteiger partial charge in [-0.25, -0.2) is 13.1 Å². The van der Waals surface area contributed by atoms with Crippen molar-refractivity contribution in [3.8, 4) is 0 Å². The first-order valence-electron chi connectivity index (χ1n) is 9.42. The number of rotatable bonds is 6. The van der Waals surface area contributed by atoms with Gasteiger partial charge in [-0.2, -0.15) is 0 Å². The number of likely N-dealkylation sites (tertiary alicyclic amines) is 1. The van der Waals surface area contributed by atoms with Crippen LogP contribution in [-0.4, -0.2) is 43.8 Å². The highest BCUT2D eigenvalue weighted by atomic mass is 32.2. The molecule has 27 heavy (non-hydrogen) atoms. The normalized spacial score (nSPS) is 15.1. The molecule has 1 aromatic heterocycles. The summed E-state index contributed by atoms with van der Waals surface area (Å²) in [6, 6.07) is 9.71. The number of carbonyl (C=O) groups excluding carboxylic acids is 1. The minimum absolute atomic E-state index is 0.0867. The van der Waals surface area contributed by atoms with E-state index in [0.717, 1.165) is 24.8 Å². The molecule has 2 N–H and O–H groups in total. The van der Waals surface area contributed by atoms with Crippen molar-refractivity contribution in [2.45, 2.75) is 44.4 Å². The van der Waals surface area contributed by atoms with Crippen LogP contribution in [0.5, 0.6) is 0 Å². The fraction of sp³-hybridized carbons (Fsp3) is 0.450. The molecule has 0 atom stereocenters. The van der Waals surface area contributed by atoms with Crippen LogP contribution in [0.3, 0.4) is 0 Å². The second-order valence-electron chi connectivity index (χ2n) is 7.07. The summed E-state index contributed by atoms with van der Waals surface area (Å²) in [6.07, 6.45) is 3.64. The van der Waals surface area contributed by atoms with Crippen molar-refractivity contribution in [3.63, 3.8) is 0 Å². The van der Waals surface area contributed by atoms with E-state index >= 15 is 0 Å². The number of aromatic nitrogens is 1. The standard InChI is InChI=1S/C20H27N3O3S/c1-15-18(20(24)23-13-7-4-8-14-23)19(16(2)22-15)27(25,26)21-12-11-17-9-5-3-6-10-17/h3,5-6,9-10,21-22H,4,7-8,11-14H2,1-2H3. The second kappa shape index (κ2) is 8.27. The van der Waals surface area contributed by atoms with E-state index in [4.69, 9.17) is 0 Å². The lowest BCUT2D eigenvalue weighted by Gasteiger charge is -2.27. The van der Waals surface area contributed by atoms with Gasteiger partial charge in [-0.3, -0.25) is 4.79 Å². The Morgan fingerprint density at radius 1 is 1.07 bits per heavy atom. The van der Waals surface area contributed by atoms with Crippen LogP contribution in [0.4, 0.5) is 0 Å². The summed E-state index contributed by atoms with van der Waals surface area (Å²) in [5.41, 5.74) is 2.44. The largest absolute Gasteiger partial charge is 0.361 e. The smallest absolute Gasteiger partial charge is 0.257 e. The molecule has 1 aromatic carbocycles. The number of aryl methyl sites for hydroxylation is 2. The zero-order chi connectivity index (χ0) is 19.4. The highest BCUT2D eigenvalue weighted by Gasteiger charge is 2.31. The van der Waals surface area contributed by atoms with Crippen LogP contribution >= 0.6 is 0 Å². The molecule has 2 heterocycles. The highest BCUT2D eigenvalue weighted by Crippen LogP contribution is 2.26. The van der Waals surface area contributed by atoms with Crippen molar-refractivity contribution < 1.29 is 13.2 Å². The zero-order valence-corrected chi connectivity index (χ0v) is 16.7. The summed E-state index contributed by atoms with van der Waals surface area (Å²) >= 11 is 0. The van der Waals surface area contributed by atoms with Gasteiger partial charge in [0.05, 0.1) is 5.56 Å². The maximum Gasteiger partial charge on any atom is 0.257 e. The summed E-state index contributed by atoms with van der Waals surface area (Å²) < 4.78 is 28.6. The SMILES string of the molecule is Cc1[nH]c(C)c(S(=O)(=O)NCCc2ccccc2)c1C(=O)N1CCCCC1. The molecule has 3 rings (SSSR count). The maximum atomic E-state index is 13.0. The molecule has 1 aliphatic heterocycles. The van der Waals surface area contributed by atoms with E-state index in [9.17, 15) is 13.2 Å². The molecule has 0 radical (unpaired) electrons. The molecule has 0 bridgehead atoms. The number of hydrogen-bond acceptors (Lipinski definition) is 3. The van der Waals surface area contributed by atoms with Crippen LogP contribution in [0.15, 0.2) is 35.2 Å².